The van der Waals surface area contributed by atoms with Crippen LogP contribution in [0.2, 0.25) is 0 Å². The van der Waals surface area contributed by atoms with Gasteiger partial charge in [-0.3, -0.25) is 9.69 Å². The van der Waals surface area contributed by atoms with Crippen LogP contribution >= 0.6 is 11.3 Å². The Bertz CT molecular complexity index is 993. The molecule has 0 radical (unpaired) electrons. The van der Waals surface area contributed by atoms with E-state index in [1.165, 1.54) is 4.88 Å². The number of aromatic amines is 1. The molecule has 0 amide bonds. The average Bonchev–Trinajstić information content (AvgIpc) is 3.04. The third-order valence-electron chi connectivity index (χ3n) is 4.96. The van der Waals surface area contributed by atoms with E-state index in [-0.39, 0.29) is 5.56 Å². The maximum atomic E-state index is 12.5. The Morgan fingerprint density at radius 1 is 1.22 bits per heavy atom. The molecule has 1 N–H and O–H groups in total. The molecule has 3 aromatic rings. The van der Waals surface area contributed by atoms with Gasteiger partial charge in [0.05, 0.1) is 17.0 Å². The first-order chi connectivity index (χ1) is 13.1. The van der Waals surface area contributed by atoms with Crippen molar-refractivity contribution in [1.29, 1.82) is 0 Å². The zero-order valence-electron chi connectivity index (χ0n) is 15.8. The Hall–Kier alpha value is -2.31. The van der Waals surface area contributed by atoms with Crippen LogP contribution in [0.1, 0.15) is 41.0 Å². The van der Waals surface area contributed by atoms with Crippen molar-refractivity contribution < 1.29 is 0 Å². The first kappa shape index (κ1) is 18.1. The molecule has 0 saturated heterocycles. The molecule has 1 aromatic carbocycles. The van der Waals surface area contributed by atoms with E-state index >= 15 is 0 Å². The van der Waals surface area contributed by atoms with Crippen LogP contribution in [0.3, 0.4) is 0 Å². The van der Waals surface area contributed by atoms with E-state index in [1.807, 2.05) is 18.2 Å². The monoisotopic (exact) mass is 380 g/mol. The third-order valence-corrected chi connectivity index (χ3v) is 6.16. The second kappa shape index (κ2) is 7.74. The predicted octanol–water partition coefficient (Wildman–Crippen LogP) is 3.71. The number of thiazole rings is 1. The molecule has 3 heterocycles. The van der Waals surface area contributed by atoms with Crippen molar-refractivity contribution in [2.45, 2.75) is 46.2 Å². The van der Waals surface area contributed by atoms with Crippen LogP contribution in [0.4, 0.5) is 0 Å². The molecule has 140 valence electrons. The molecule has 27 heavy (non-hydrogen) atoms. The van der Waals surface area contributed by atoms with E-state index in [2.05, 4.69) is 40.8 Å². The number of hydrogen-bond donors (Lipinski definition) is 1. The molecule has 1 aliphatic heterocycles. The van der Waals surface area contributed by atoms with Crippen molar-refractivity contribution in [3.05, 3.63) is 68.3 Å². The molecule has 0 fully saturated rings. The summed E-state index contributed by atoms with van der Waals surface area (Å²) in [7, 11) is 0. The topological polar surface area (TPSA) is 61.9 Å². The summed E-state index contributed by atoms with van der Waals surface area (Å²) in [6, 6.07) is 10.3. The quantitative estimate of drug-likeness (QED) is 0.733. The molecule has 0 spiro atoms. The number of aryl methyl sites for hydroxylation is 2. The van der Waals surface area contributed by atoms with Crippen LogP contribution < -0.4 is 5.56 Å². The van der Waals surface area contributed by atoms with Gasteiger partial charge in [-0.15, -0.1) is 11.3 Å². The highest BCUT2D eigenvalue weighted by atomic mass is 32.1. The average molecular weight is 381 g/mol. The highest BCUT2D eigenvalue weighted by Crippen LogP contribution is 2.29. The van der Waals surface area contributed by atoms with Gasteiger partial charge in [-0.05, 0) is 13.3 Å². The Balaban J connectivity index is 1.52. The summed E-state index contributed by atoms with van der Waals surface area (Å²) in [5.74, 6) is 0.820. The van der Waals surface area contributed by atoms with Crippen LogP contribution in [0.15, 0.2) is 35.1 Å². The number of hydrogen-bond acceptors (Lipinski definition) is 5. The Morgan fingerprint density at radius 2 is 2.04 bits per heavy atom. The summed E-state index contributed by atoms with van der Waals surface area (Å²) in [6.45, 7) is 6.57. The van der Waals surface area contributed by atoms with E-state index in [0.717, 1.165) is 65.7 Å². The van der Waals surface area contributed by atoms with Crippen LogP contribution in [0.25, 0.3) is 10.6 Å². The fraction of sp³-hybridized carbons (Fsp3) is 0.381. The third kappa shape index (κ3) is 3.87. The predicted molar refractivity (Wildman–Crippen MR) is 109 cm³/mol. The first-order valence-electron chi connectivity index (χ1n) is 9.49. The van der Waals surface area contributed by atoms with Gasteiger partial charge < -0.3 is 4.98 Å². The molecule has 0 bridgehead atoms. The lowest BCUT2D eigenvalue weighted by molar-refractivity contribution is 0.243. The minimum absolute atomic E-state index is 0.0270. The highest BCUT2D eigenvalue weighted by molar-refractivity contribution is 7.15. The van der Waals surface area contributed by atoms with Gasteiger partial charge in [-0.1, -0.05) is 37.3 Å². The lowest BCUT2D eigenvalue weighted by Crippen LogP contribution is -2.35. The van der Waals surface area contributed by atoms with E-state index < -0.39 is 0 Å². The van der Waals surface area contributed by atoms with Crippen LogP contribution in [-0.4, -0.2) is 26.4 Å². The maximum absolute atomic E-state index is 12.5. The second-order valence-electron chi connectivity index (χ2n) is 7.04. The fourth-order valence-corrected chi connectivity index (χ4v) is 4.61. The molecule has 0 aliphatic carbocycles. The molecule has 0 atom stereocenters. The molecular weight excluding hydrogens is 356 g/mol. The normalized spacial score (nSPS) is 14.3. The van der Waals surface area contributed by atoms with Crippen LogP contribution in [0, 0.1) is 6.92 Å². The van der Waals surface area contributed by atoms with E-state index in [0.29, 0.717) is 6.54 Å². The minimum Gasteiger partial charge on any atom is -0.310 e. The SMILES string of the molecule is CCCc1nc2c(c(=O)[nH]1)CN(Cc1sc(-c3ccccc3)nc1C)CC2. The number of nitrogens with zero attached hydrogens (tertiary/aromatic N) is 3. The number of H-pyrrole nitrogens is 1. The summed E-state index contributed by atoms with van der Waals surface area (Å²) in [5.41, 5.74) is 4.06. The molecule has 5 nitrogen and oxygen atoms in total. The highest BCUT2D eigenvalue weighted by Gasteiger charge is 2.22. The van der Waals surface area contributed by atoms with Crippen molar-refractivity contribution in [3.8, 4) is 10.6 Å². The van der Waals surface area contributed by atoms with Gasteiger partial charge in [0.25, 0.3) is 5.56 Å². The first-order valence-corrected chi connectivity index (χ1v) is 10.3. The molecule has 1 aliphatic rings. The molecule has 4 rings (SSSR count). The van der Waals surface area contributed by atoms with Gasteiger partial charge in [-0.25, -0.2) is 9.97 Å². The Labute approximate surface area is 163 Å². The summed E-state index contributed by atoms with van der Waals surface area (Å²) < 4.78 is 0. The van der Waals surface area contributed by atoms with E-state index in [1.54, 1.807) is 11.3 Å². The number of fused-ring (bicyclic) bond motifs is 1. The summed E-state index contributed by atoms with van der Waals surface area (Å²) in [6.07, 6.45) is 2.65. The minimum atomic E-state index is 0.0270. The number of nitrogens with one attached hydrogen (secondary N) is 1. The lowest BCUT2D eigenvalue weighted by Gasteiger charge is -2.27. The van der Waals surface area contributed by atoms with Gasteiger partial charge in [0.2, 0.25) is 0 Å². The fourth-order valence-electron chi connectivity index (χ4n) is 3.50. The van der Waals surface area contributed by atoms with Crippen LogP contribution in [0.5, 0.6) is 0 Å². The number of benzene rings is 1. The molecule has 6 heteroatoms. The van der Waals surface area contributed by atoms with Gasteiger partial charge in [0.15, 0.2) is 0 Å². The standard InChI is InChI=1S/C21H24N4OS/c1-3-7-19-23-17-10-11-25(12-16(17)20(26)24-19)13-18-14(2)22-21(27-18)15-8-5-4-6-9-15/h4-6,8-9H,3,7,10-13H2,1-2H3,(H,23,24,26). The molecule has 0 saturated carbocycles. The van der Waals surface area contributed by atoms with E-state index in [4.69, 9.17) is 4.98 Å². The van der Waals surface area contributed by atoms with Gasteiger partial charge in [-0.2, -0.15) is 0 Å². The number of aromatic nitrogens is 3. The molecular formula is C21H24N4OS. The maximum Gasteiger partial charge on any atom is 0.255 e. The van der Waals surface area contributed by atoms with Crippen LogP contribution in [-0.2, 0) is 25.9 Å². The zero-order valence-corrected chi connectivity index (χ0v) is 16.6. The Morgan fingerprint density at radius 3 is 2.81 bits per heavy atom. The summed E-state index contributed by atoms with van der Waals surface area (Å²) >= 11 is 1.75. The second-order valence-corrected chi connectivity index (χ2v) is 8.13. The van der Waals surface area contributed by atoms with Crippen molar-refractivity contribution >= 4 is 11.3 Å². The van der Waals surface area contributed by atoms with Crippen molar-refractivity contribution in [2.24, 2.45) is 0 Å². The van der Waals surface area contributed by atoms with E-state index in [9.17, 15) is 4.79 Å². The van der Waals surface area contributed by atoms with Crippen molar-refractivity contribution in [2.75, 3.05) is 6.54 Å². The summed E-state index contributed by atoms with van der Waals surface area (Å²) in [5, 5.41) is 1.06. The Kier molecular flexibility index (Phi) is 5.18. The van der Waals surface area contributed by atoms with Gasteiger partial charge in [0.1, 0.15) is 10.8 Å². The molecule has 2 aromatic heterocycles. The summed E-state index contributed by atoms with van der Waals surface area (Å²) in [4.78, 5) is 28.5. The lowest BCUT2D eigenvalue weighted by atomic mass is 10.1. The van der Waals surface area contributed by atoms with Crippen molar-refractivity contribution in [1.82, 2.24) is 19.9 Å². The largest absolute Gasteiger partial charge is 0.310 e. The zero-order chi connectivity index (χ0) is 18.8. The van der Waals surface area contributed by atoms with Gasteiger partial charge >= 0.3 is 0 Å². The smallest absolute Gasteiger partial charge is 0.255 e. The van der Waals surface area contributed by atoms with Gasteiger partial charge in [0, 0.05) is 42.9 Å². The molecule has 0 unspecified atom stereocenters. The van der Waals surface area contributed by atoms with Crippen molar-refractivity contribution in [3.63, 3.8) is 0 Å². The number of rotatable bonds is 5.